The second-order valence-corrected chi connectivity index (χ2v) is 7.19. The van der Waals surface area contributed by atoms with Crippen LogP contribution < -0.4 is 0 Å². The molecule has 11 nitrogen and oxygen atoms in total. The number of aliphatic hydroxyl groups is 3. The Hall–Kier alpha value is -2.62. The average Bonchev–Trinajstić information content (AvgIpc) is 2.64. The molecule has 5 atom stereocenters. The van der Waals surface area contributed by atoms with Crippen molar-refractivity contribution in [2.75, 3.05) is 6.61 Å². The molecule has 1 aliphatic rings. The average molecular weight is 413 g/mol. The molecule has 0 radical (unpaired) electrons. The van der Waals surface area contributed by atoms with Crippen molar-refractivity contribution in [2.45, 2.75) is 56.6 Å². The maximum Gasteiger partial charge on any atom is 0.338 e. The first kappa shape index (κ1) is 22.7. The van der Waals surface area contributed by atoms with Crippen LogP contribution in [-0.4, -0.2) is 79.5 Å². The predicted octanol–water partition coefficient (Wildman–Crippen LogP) is -0.523. The van der Waals surface area contributed by atoms with Crippen LogP contribution in [0.5, 0.6) is 17.2 Å². The molecule has 5 unspecified atom stereocenters. The van der Waals surface area contributed by atoms with Gasteiger partial charge in [-0.25, -0.2) is 4.79 Å². The number of nitrogens with zero attached hydrogens (tertiary/aromatic N) is 1. The first-order valence-corrected chi connectivity index (χ1v) is 8.63. The van der Waals surface area contributed by atoms with E-state index >= 15 is 0 Å². The number of rotatable bonds is 6. The van der Waals surface area contributed by atoms with Gasteiger partial charge in [-0.1, -0.05) is 0 Å². The van der Waals surface area contributed by atoms with Crippen molar-refractivity contribution in [1.29, 1.82) is 5.26 Å². The minimum atomic E-state index is -1.67. The van der Waals surface area contributed by atoms with E-state index in [0.717, 1.165) is 12.1 Å². The number of benzene rings is 1. The van der Waals surface area contributed by atoms with Gasteiger partial charge < -0.3 is 44.8 Å². The highest BCUT2D eigenvalue weighted by Crippen LogP contribution is 2.35. The number of hydrogen-bond donors (Lipinski definition) is 6. The molecule has 0 aromatic heterocycles. The van der Waals surface area contributed by atoms with Crippen molar-refractivity contribution < 1.29 is 49.6 Å². The van der Waals surface area contributed by atoms with E-state index < -0.39 is 66.1 Å². The summed E-state index contributed by atoms with van der Waals surface area (Å²) in [4.78, 5) is 12.1. The summed E-state index contributed by atoms with van der Waals surface area (Å²) in [5.74, 6) is -3.30. The number of ether oxygens (including phenoxy) is 3. The number of aliphatic hydroxyl groups excluding tert-OH is 3. The minimum Gasteiger partial charge on any atom is -0.504 e. The zero-order chi connectivity index (χ0) is 21.9. The van der Waals surface area contributed by atoms with Crippen LogP contribution in [0.1, 0.15) is 30.6 Å². The zero-order valence-electron chi connectivity index (χ0n) is 15.7. The fourth-order valence-electron chi connectivity index (χ4n) is 2.66. The highest BCUT2D eigenvalue weighted by atomic mass is 16.7. The fourth-order valence-corrected chi connectivity index (χ4v) is 2.66. The molecule has 1 heterocycles. The summed E-state index contributed by atoms with van der Waals surface area (Å²) < 4.78 is 15.9. The highest BCUT2D eigenvalue weighted by Gasteiger charge is 2.46. The van der Waals surface area contributed by atoms with Crippen LogP contribution in [0.4, 0.5) is 0 Å². The van der Waals surface area contributed by atoms with Crippen molar-refractivity contribution in [2.24, 2.45) is 0 Å². The Morgan fingerprint density at radius 3 is 2.28 bits per heavy atom. The number of phenolic OH excluding ortho intramolecular Hbond substituents is 3. The minimum absolute atomic E-state index is 0.0360. The van der Waals surface area contributed by atoms with E-state index in [0.29, 0.717) is 0 Å². The van der Waals surface area contributed by atoms with Gasteiger partial charge in [0, 0.05) is 0 Å². The molecule has 160 valence electrons. The monoisotopic (exact) mass is 413 g/mol. The Morgan fingerprint density at radius 1 is 1.14 bits per heavy atom. The van der Waals surface area contributed by atoms with Crippen LogP contribution in [0, 0.1) is 11.3 Å². The molecule has 1 aromatic rings. The molecule has 2 rings (SSSR count). The Kier molecular flexibility index (Phi) is 6.89. The number of hydrogen-bond acceptors (Lipinski definition) is 11. The molecule has 0 spiro atoms. The van der Waals surface area contributed by atoms with E-state index in [1.165, 1.54) is 0 Å². The fraction of sp³-hybridized carbons (Fsp3) is 0.556. The standard InChI is InChI=1S/C18H23NO10/c1-18(2,3-4-19)29-17-15(25)14(24)13(23)11(28-17)7-27-16(26)8-5-9(20)12(22)10(21)6-8/h5-6,11,13-15,17,20-25H,3,7H2,1-2H3. The topological polar surface area (TPSA) is 190 Å². The zero-order valence-corrected chi connectivity index (χ0v) is 15.7. The lowest BCUT2D eigenvalue weighted by Crippen LogP contribution is -2.60. The largest absolute Gasteiger partial charge is 0.504 e. The van der Waals surface area contributed by atoms with Gasteiger partial charge in [-0.15, -0.1) is 0 Å². The number of esters is 1. The summed E-state index contributed by atoms with van der Waals surface area (Å²) in [6, 6.07) is 3.64. The maximum atomic E-state index is 12.1. The number of aromatic hydroxyl groups is 3. The molecule has 1 saturated heterocycles. The van der Waals surface area contributed by atoms with Gasteiger partial charge in [0.05, 0.1) is 23.7 Å². The maximum absolute atomic E-state index is 12.1. The van der Waals surface area contributed by atoms with Crippen LogP contribution in [0.3, 0.4) is 0 Å². The summed E-state index contributed by atoms with van der Waals surface area (Å²) in [6.45, 7) is 2.58. The molecule has 0 bridgehead atoms. The Labute approximate surface area is 165 Å². The van der Waals surface area contributed by atoms with Crippen molar-refractivity contribution >= 4 is 5.97 Å². The molecule has 0 saturated carbocycles. The molecular formula is C18H23NO10. The van der Waals surface area contributed by atoms with Gasteiger partial charge in [0.15, 0.2) is 23.5 Å². The highest BCUT2D eigenvalue weighted by molar-refractivity contribution is 5.91. The van der Waals surface area contributed by atoms with Gasteiger partial charge in [-0.05, 0) is 26.0 Å². The van der Waals surface area contributed by atoms with Crippen LogP contribution in [0.25, 0.3) is 0 Å². The van der Waals surface area contributed by atoms with Gasteiger partial charge in [-0.3, -0.25) is 0 Å². The van der Waals surface area contributed by atoms with E-state index in [2.05, 4.69) is 0 Å². The lowest BCUT2D eigenvalue weighted by molar-refractivity contribution is -0.322. The van der Waals surface area contributed by atoms with E-state index in [1.807, 2.05) is 6.07 Å². The molecule has 0 amide bonds. The second-order valence-electron chi connectivity index (χ2n) is 7.19. The molecule has 11 heteroatoms. The van der Waals surface area contributed by atoms with E-state index in [9.17, 15) is 35.4 Å². The number of carbonyl (C=O) groups is 1. The van der Waals surface area contributed by atoms with Crippen LogP contribution >= 0.6 is 0 Å². The molecule has 1 aromatic carbocycles. The summed E-state index contributed by atoms with van der Waals surface area (Å²) in [5, 5.41) is 67.2. The first-order valence-electron chi connectivity index (χ1n) is 8.63. The van der Waals surface area contributed by atoms with Crippen molar-refractivity contribution in [3.05, 3.63) is 17.7 Å². The van der Waals surface area contributed by atoms with Gasteiger partial charge in [0.2, 0.25) is 0 Å². The lowest BCUT2D eigenvalue weighted by atomic mass is 9.98. The quantitative estimate of drug-likeness (QED) is 0.260. The Balaban J connectivity index is 2.07. The number of phenols is 3. The van der Waals surface area contributed by atoms with Gasteiger partial charge >= 0.3 is 5.97 Å². The second kappa shape index (κ2) is 8.81. The van der Waals surface area contributed by atoms with Crippen molar-refractivity contribution in [3.8, 4) is 23.3 Å². The smallest absolute Gasteiger partial charge is 0.338 e. The first-order chi connectivity index (χ1) is 13.5. The molecular weight excluding hydrogens is 390 g/mol. The van der Waals surface area contributed by atoms with Crippen LogP contribution in [0.2, 0.25) is 0 Å². The van der Waals surface area contributed by atoms with E-state index in [4.69, 9.17) is 19.5 Å². The lowest BCUT2D eigenvalue weighted by Gasteiger charge is -2.42. The van der Waals surface area contributed by atoms with Crippen molar-refractivity contribution in [1.82, 2.24) is 0 Å². The Bertz CT molecular complexity index is 766. The molecule has 1 aliphatic heterocycles. The summed E-state index contributed by atoms with van der Waals surface area (Å²) >= 11 is 0. The third-order valence-electron chi connectivity index (χ3n) is 4.29. The summed E-state index contributed by atoms with van der Waals surface area (Å²) in [6.07, 6.45) is -7.61. The molecule has 29 heavy (non-hydrogen) atoms. The number of nitriles is 1. The molecule has 6 N–H and O–H groups in total. The Morgan fingerprint density at radius 2 is 1.72 bits per heavy atom. The number of carbonyl (C=O) groups excluding carboxylic acids is 1. The molecule has 1 fully saturated rings. The normalized spacial score (nSPS) is 27.2. The predicted molar refractivity (Wildman–Crippen MR) is 93.8 cm³/mol. The molecule has 0 aliphatic carbocycles. The van der Waals surface area contributed by atoms with Crippen LogP contribution in [-0.2, 0) is 14.2 Å². The van der Waals surface area contributed by atoms with E-state index in [-0.39, 0.29) is 12.0 Å². The van der Waals surface area contributed by atoms with Crippen molar-refractivity contribution in [3.63, 3.8) is 0 Å². The third-order valence-corrected chi connectivity index (χ3v) is 4.29. The third kappa shape index (κ3) is 5.26. The van der Waals surface area contributed by atoms with Gasteiger partial charge in [0.25, 0.3) is 0 Å². The van der Waals surface area contributed by atoms with Crippen LogP contribution in [0.15, 0.2) is 12.1 Å². The SMILES string of the molecule is CC(C)(CC#N)OC1OC(COC(=O)c2cc(O)c(O)c(O)c2)C(O)C(O)C1O. The summed E-state index contributed by atoms with van der Waals surface area (Å²) in [5.41, 5.74) is -1.31. The summed E-state index contributed by atoms with van der Waals surface area (Å²) in [7, 11) is 0. The van der Waals surface area contributed by atoms with E-state index in [1.54, 1.807) is 13.8 Å². The van der Waals surface area contributed by atoms with Gasteiger partial charge in [-0.2, -0.15) is 5.26 Å². The van der Waals surface area contributed by atoms with Gasteiger partial charge in [0.1, 0.15) is 31.0 Å².